The van der Waals surface area contributed by atoms with Crippen molar-refractivity contribution in [3.8, 4) is 11.5 Å². The third kappa shape index (κ3) is 7.95. The Kier molecular flexibility index (Phi) is 11.2. The van der Waals surface area contributed by atoms with Gasteiger partial charge in [-0.1, -0.05) is 43.1 Å². The Morgan fingerprint density at radius 2 is 1.94 bits per heavy atom. The average molecular weight is 508 g/mol. The van der Waals surface area contributed by atoms with Crippen molar-refractivity contribution in [2.75, 3.05) is 12.4 Å². The number of benzene rings is 2. The number of rotatable bonds is 13. The molecule has 0 saturated heterocycles. The van der Waals surface area contributed by atoms with Crippen LogP contribution in [0.25, 0.3) is 0 Å². The molecule has 0 heterocycles. The van der Waals surface area contributed by atoms with Crippen LogP contribution in [0.1, 0.15) is 56.7 Å². The van der Waals surface area contributed by atoms with Crippen molar-refractivity contribution >= 4 is 41.0 Å². The highest BCUT2D eigenvalue weighted by Gasteiger charge is 2.20. The predicted octanol–water partition coefficient (Wildman–Crippen LogP) is 5.99. The summed E-state index contributed by atoms with van der Waals surface area (Å²) < 4.78 is 11.6. The van der Waals surface area contributed by atoms with Crippen LogP contribution in [0.15, 0.2) is 40.4 Å². The van der Waals surface area contributed by atoms with Crippen LogP contribution >= 0.6 is 23.4 Å². The molecule has 0 aromatic heterocycles. The smallest absolute Gasteiger partial charge is 0.308 e. The van der Waals surface area contributed by atoms with E-state index in [4.69, 9.17) is 26.2 Å². The lowest BCUT2D eigenvalue weighted by molar-refractivity contribution is -0.136. The Labute approximate surface area is 209 Å². The van der Waals surface area contributed by atoms with Gasteiger partial charge in [0.2, 0.25) is 0 Å². The zero-order chi connectivity index (χ0) is 25.1. The minimum absolute atomic E-state index is 0.0589. The van der Waals surface area contributed by atoms with E-state index in [-0.39, 0.29) is 6.42 Å². The SMILES string of the molecule is CCCc1c(OCCCSc2ccc(CC(=O)O)cc2Cl)ccc(C(CC)=NO)c1OC(C)=O. The second-order valence-electron chi connectivity index (χ2n) is 7.55. The molecule has 0 radical (unpaired) electrons. The van der Waals surface area contributed by atoms with Crippen LogP contribution in [-0.2, 0) is 22.4 Å². The zero-order valence-corrected chi connectivity index (χ0v) is 21.2. The summed E-state index contributed by atoms with van der Waals surface area (Å²) in [5.74, 6) is 0.426. The molecule has 0 spiro atoms. The lowest BCUT2D eigenvalue weighted by Crippen LogP contribution is -2.12. The van der Waals surface area contributed by atoms with E-state index in [0.717, 1.165) is 29.1 Å². The monoisotopic (exact) mass is 507 g/mol. The van der Waals surface area contributed by atoms with E-state index in [0.29, 0.717) is 52.8 Å². The number of thioether (sulfide) groups is 1. The van der Waals surface area contributed by atoms with E-state index >= 15 is 0 Å². The highest BCUT2D eigenvalue weighted by atomic mass is 35.5. The number of carbonyl (C=O) groups is 2. The number of carboxylic acids is 1. The first-order valence-electron chi connectivity index (χ1n) is 11.1. The van der Waals surface area contributed by atoms with Gasteiger partial charge in [0.25, 0.3) is 0 Å². The van der Waals surface area contributed by atoms with Crippen molar-refractivity contribution in [2.24, 2.45) is 5.16 Å². The largest absolute Gasteiger partial charge is 0.493 e. The number of nitrogens with zero attached hydrogens (tertiary/aromatic N) is 1. The number of carbonyl (C=O) groups excluding carboxylic acids is 1. The molecule has 0 aliphatic rings. The Morgan fingerprint density at radius 3 is 2.53 bits per heavy atom. The van der Waals surface area contributed by atoms with E-state index in [2.05, 4.69) is 5.16 Å². The van der Waals surface area contributed by atoms with E-state index in [1.807, 2.05) is 26.0 Å². The molecule has 2 N–H and O–H groups in total. The van der Waals surface area contributed by atoms with Crippen molar-refractivity contribution in [3.63, 3.8) is 0 Å². The van der Waals surface area contributed by atoms with Crippen LogP contribution in [0.5, 0.6) is 11.5 Å². The number of hydrogen-bond acceptors (Lipinski definition) is 7. The Bertz CT molecular complexity index is 1040. The van der Waals surface area contributed by atoms with Crippen molar-refractivity contribution in [3.05, 3.63) is 52.0 Å². The van der Waals surface area contributed by atoms with Gasteiger partial charge in [-0.15, -0.1) is 11.8 Å². The zero-order valence-electron chi connectivity index (χ0n) is 19.6. The number of oxime groups is 1. The van der Waals surface area contributed by atoms with Crippen LogP contribution in [0.2, 0.25) is 5.02 Å². The summed E-state index contributed by atoms with van der Waals surface area (Å²) in [5.41, 5.74) is 2.45. The number of esters is 1. The van der Waals surface area contributed by atoms with Gasteiger partial charge in [-0.2, -0.15) is 0 Å². The molecule has 0 aliphatic carbocycles. The highest BCUT2D eigenvalue weighted by molar-refractivity contribution is 7.99. The molecule has 2 rings (SSSR count). The third-order valence-electron chi connectivity index (χ3n) is 4.89. The second-order valence-corrected chi connectivity index (χ2v) is 9.09. The maximum absolute atomic E-state index is 11.8. The summed E-state index contributed by atoms with van der Waals surface area (Å²) in [5, 5.41) is 22.2. The lowest BCUT2D eigenvalue weighted by Gasteiger charge is -2.18. The van der Waals surface area contributed by atoms with Crippen molar-refractivity contribution in [1.82, 2.24) is 0 Å². The Morgan fingerprint density at radius 1 is 1.18 bits per heavy atom. The average Bonchev–Trinajstić information content (AvgIpc) is 2.78. The number of halogens is 1. The van der Waals surface area contributed by atoms with Gasteiger partial charge >= 0.3 is 11.9 Å². The molecule has 0 fully saturated rings. The summed E-state index contributed by atoms with van der Waals surface area (Å²) >= 11 is 7.86. The molecule has 0 aliphatic heterocycles. The normalized spacial score (nSPS) is 11.4. The molecule has 0 atom stereocenters. The fourth-order valence-electron chi connectivity index (χ4n) is 3.40. The van der Waals surface area contributed by atoms with Crippen molar-refractivity contribution < 1.29 is 29.4 Å². The molecule has 0 unspecified atom stereocenters. The minimum Gasteiger partial charge on any atom is -0.493 e. The highest BCUT2D eigenvalue weighted by Crippen LogP contribution is 2.35. The molecule has 0 bridgehead atoms. The van der Waals surface area contributed by atoms with E-state index in [1.165, 1.54) is 6.92 Å². The summed E-state index contributed by atoms with van der Waals surface area (Å²) in [6, 6.07) is 8.86. The first-order chi connectivity index (χ1) is 16.3. The fraction of sp³-hybridized carbons (Fsp3) is 0.400. The van der Waals surface area contributed by atoms with Crippen LogP contribution in [0, 0.1) is 0 Å². The van der Waals surface area contributed by atoms with Gasteiger partial charge in [0, 0.05) is 28.7 Å². The van der Waals surface area contributed by atoms with Gasteiger partial charge in [-0.05, 0) is 49.1 Å². The molecular weight excluding hydrogens is 478 g/mol. The summed E-state index contributed by atoms with van der Waals surface area (Å²) in [4.78, 5) is 23.5. The number of aliphatic carboxylic acids is 1. The fourth-order valence-corrected chi connectivity index (χ4v) is 4.61. The number of hydrogen-bond donors (Lipinski definition) is 2. The third-order valence-corrected chi connectivity index (χ3v) is 6.47. The Balaban J connectivity index is 2.07. The molecular formula is C25H30ClNO6S. The molecule has 0 saturated carbocycles. The number of ether oxygens (including phenoxy) is 2. The van der Waals surface area contributed by atoms with Crippen LogP contribution in [-0.4, -0.2) is 40.3 Å². The van der Waals surface area contributed by atoms with Crippen LogP contribution in [0.4, 0.5) is 0 Å². The maximum Gasteiger partial charge on any atom is 0.308 e. The van der Waals surface area contributed by atoms with Crippen LogP contribution < -0.4 is 9.47 Å². The molecule has 9 heteroatoms. The van der Waals surface area contributed by atoms with Gasteiger partial charge in [-0.3, -0.25) is 9.59 Å². The first kappa shape index (κ1) is 27.5. The van der Waals surface area contributed by atoms with E-state index in [1.54, 1.807) is 30.0 Å². The quantitative estimate of drug-likeness (QED) is 0.0651. The van der Waals surface area contributed by atoms with Gasteiger partial charge in [0.15, 0.2) is 0 Å². The van der Waals surface area contributed by atoms with Crippen LogP contribution in [0.3, 0.4) is 0 Å². The Hall–Kier alpha value is -2.71. The molecule has 0 amide bonds. The van der Waals surface area contributed by atoms with Gasteiger partial charge < -0.3 is 19.8 Å². The molecule has 34 heavy (non-hydrogen) atoms. The van der Waals surface area contributed by atoms with Gasteiger partial charge in [0.05, 0.1) is 23.8 Å². The van der Waals surface area contributed by atoms with Gasteiger partial charge in [0.1, 0.15) is 11.5 Å². The predicted molar refractivity (Wildman–Crippen MR) is 134 cm³/mol. The summed E-state index contributed by atoms with van der Waals surface area (Å²) in [6.07, 6.45) is 2.62. The van der Waals surface area contributed by atoms with E-state index < -0.39 is 11.9 Å². The minimum atomic E-state index is -0.893. The first-order valence-corrected chi connectivity index (χ1v) is 12.5. The molecule has 7 nitrogen and oxygen atoms in total. The van der Waals surface area contributed by atoms with Crippen molar-refractivity contribution in [1.29, 1.82) is 0 Å². The summed E-state index contributed by atoms with van der Waals surface area (Å²) in [7, 11) is 0. The maximum atomic E-state index is 11.8. The standard InChI is InChI=1S/C25H30ClNO6S/c1-4-7-19-22(10-9-18(21(5-2)27-31)25(19)33-16(3)28)32-12-6-13-34-23-11-8-17(14-20(23)26)15-24(29)30/h8-11,14,31H,4-7,12-13,15H2,1-3H3,(H,29,30). The summed E-state index contributed by atoms with van der Waals surface area (Å²) in [6.45, 7) is 5.68. The molecule has 184 valence electrons. The topological polar surface area (TPSA) is 105 Å². The molecule has 2 aromatic carbocycles. The van der Waals surface area contributed by atoms with Crippen molar-refractivity contribution in [2.45, 2.75) is 57.8 Å². The molecule has 2 aromatic rings. The second kappa shape index (κ2) is 13.9. The van der Waals surface area contributed by atoms with Gasteiger partial charge in [-0.25, -0.2) is 0 Å². The number of carboxylic acid groups (broad SMARTS) is 1. The van der Waals surface area contributed by atoms with E-state index in [9.17, 15) is 14.8 Å². The lowest BCUT2D eigenvalue weighted by atomic mass is 9.99.